The molecule has 1 fully saturated rings. The summed E-state index contributed by atoms with van der Waals surface area (Å²) in [5.74, 6) is 1.19. The zero-order valence-corrected chi connectivity index (χ0v) is 26.5. The van der Waals surface area contributed by atoms with Gasteiger partial charge in [-0.2, -0.15) is 4.98 Å². The lowest BCUT2D eigenvalue weighted by atomic mass is 10.1. The summed E-state index contributed by atoms with van der Waals surface area (Å²) in [6, 6.07) is 14.4. The largest absolute Gasteiger partial charge is 0.497 e. The van der Waals surface area contributed by atoms with E-state index in [-0.39, 0.29) is 18.2 Å². The van der Waals surface area contributed by atoms with Crippen LogP contribution in [0.1, 0.15) is 50.8 Å². The van der Waals surface area contributed by atoms with E-state index < -0.39 is 26.7 Å². The van der Waals surface area contributed by atoms with Crippen LogP contribution in [-0.2, 0) is 21.2 Å². The number of aromatic nitrogens is 5. The molecule has 5 aromatic rings. The summed E-state index contributed by atoms with van der Waals surface area (Å²) in [5, 5.41) is 0.235. The van der Waals surface area contributed by atoms with E-state index in [1.54, 1.807) is 64.7 Å². The molecule has 0 radical (unpaired) electrons. The Morgan fingerprint density at radius 3 is 2.40 bits per heavy atom. The average molecular weight is 628 g/mol. The Bertz CT molecular complexity index is 2010. The van der Waals surface area contributed by atoms with E-state index in [1.165, 1.54) is 4.57 Å². The number of carbonyl (C=O) groups excluding carboxylic acids is 1. The van der Waals surface area contributed by atoms with Crippen molar-refractivity contribution < 1.29 is 27.4 Å². The fraction of sp³-hybridized carbons (Fsp3) is 0.303. The number of fused-ring (bicyclic) bond motifs is 1. The van der Waals surface area contributed by atoms with Gasteiger partial charge in [-0.1, -0.05) is 18.2 Å². The molecule has 1 aliphatic rings. The first kappa shape index (κ1) is 30.2. The van der Waals surface area contributed by atoms with Crippen molar-refractivity contribution in [2.24, 2.45) is 0 Å². The molecule has 0 amide bonds. The number of methoxy groups -OCH3 is 1. The molecule has 0 bridgehead atoms. The van der Waals surface area contributed by atoms with Gasteiger partial charge in [-0.3, -0.25) is 9.55 Å². The fourth-order valence-corrected chi connectivity index (χ4v) is 5.33. The highest BCUT2D eigenvalue weighted by atomic mass is 32.2. The van der Waals surface area contributed by atoms with Gasteiger partial charge in [0.25, 0.3) is 5.16 Å². The van der Waals surface area contributed by atoms with Gasteiger partial charge in [0.05, 0.1) is 35.9 Å². The average Bonchev–Trinajstić information content (AvgIpc) is 3.79. The van der Waals surface area contributed by atoms with Crippen LogP contribution >= 0.6 is 0 Å². The molecule has 45 heavy (non-hydrogen) atoms. The van der Waals surface area contributed by atoms with Crippen molar-refractivity contribution in [3.05, 3.63) is 78.4 Å². The molecular formula is C33H33N5O6S. The van der Waals surface area contributed by atoms with Crippen LogP contribution in [0.4, 0.5) is 4.79 Å². The summed E-state index contributed by atoms with van der Waals surface area (Å²) in [7, 11) is -2.24. The van der Waals surface area contributed by atoms with Crippen molar-refractivity contribution in [2.45, 2.75) is 56.9 Å². The maximum absolute atomic E-state index is 13.4. The SMILES string of the molecule is COc1ccc(COc2cc(-c3cn(C(=O)OC(C)(C)C)c4ccc(-c5cncc(C6CC6)n5)cc34)nc(S(C)(=O)=O)n2)cc1. The Morgan fingerprint density at radius 1 is 0.978 bits per heavy atom. The third-order valence-electron chi connectivity index (χ3n) is 7.17. The summed E-state index contributed by atoms with van der Waals surface area (Å²) in [4.78, 5) is 31.2. The molecule has 6 rings (SSSR count). The molecule has 12 heteroatoms. The molecule has 0 spiro atoms. The molecule has 0 unspecified atom stereocenters. The number of hydrogen-bond donors (Lipinski definition) is 0. The smallest absolute Gasteiger partial charge is 0.419 e. The molecule has 0 atom stereocenters. The van der Waals surface area contributed by atoms with E-state index in [0.29, 0.717) is 33.8 Å². The molecule has 3 heterocycles. The minimum absolute atomic E-state index is 0.0635. The van der Waals surface area contributed by atoms with E-state index in [2.05, 4.69) is 15.0 Å². The maximum Gasteiger partial charge on any atom is 0.419 e. The summed E-state index contributed by atoms with van der Waals surface area (Å²) in [6.07, 6.45) is 7.73. The van der Waals surface area contributed by atoms with Crippen molar-refractivity contribution in [2.75, 3.05) is 13.4 Å². The minimum atomic E-state index is -3.83. The predicted octanol–water partition coefficient (Wildman–Crippen LogP) is 6.21. The molecule has 2 aromatic carbocycles. The van der Waals surface area contributed by atoms with Gasteiger partial charge in [0.2, 0.25) is 15.7 Å². The monoisotopic (exact) mass is 627 g/mol. The number of sulfone groups is 1. The molecule has 0 N–H and O–H groups in total. The number of carbonyl (C=O) groups is 1. The first-order valence-corrected chi connectivity index (χ1v) is 16.3. The summed E-state index contributed by atoms with van der Waals surface area (Å²) >= 11 is 0. The molecule has 1 aliphatic carbocycles. The van der Waals surface area contributed by atoms with Crippen molar-refractivity contribution in [3.63, 3.8) is 0 Å². The van der Waals surface area contributed by atoms with Gasteiger partial charge in [-0.15, -0.1) is 0 Å². The summed E-state index contributed by atoms with van der Waals surface area (Å²) in [6.45, 7) is 5.49. The van der Waals surface area contributed by atoms with Crippen molar-refractivity contribution in [1.82, 2.24) is 24.5 Å². The molecule has 0 aliphatic heterocycles. The third-order valence-corrected chi connectivity index (χ3v) is 8.02. The van der Waals surface area contributed by atoms with Crippen LogP contribution < -0.4 is 9.47 Å². The predicted molar refractivity (Wildman–Crippen MR) is 168 cm³/mol. The van der Waals surface area contributed by atoms with Gasteiger partial charge in [-0.25, -0.2) is 23.2 Å². The topological polar surface area (TPSA) is 135 Å². The second-order valence-electron chi connectivity index (χ2n) is 12.0. The highest BCUT2D eigenvalue weighted by Crippen LogP contribution is 2.40. The normalized spacial score (nSPS) is 13.5. The van der Waals surface area contributed by atoms with E-state index in [9.17, 15) is 13.2 Å². The second kappa shape index (κ2) is 11.6. The molecule has 3 aromatic heterocycles. The van der Waals surface area contributed by atoms with Crippen molar-refractivity contribution in [3.8, 4) is 34.1 Å². The lowest BCUT2D eigenvalue weighted by Crippen LogP contribution is -2.26. The Kier molecular flexibility index (Phi) is 7.77. The molecule has 232 valence electrons. The highest BCUT2D eigenvalue weighted by molar-refractivity contribution is 7.90. The molecular weight excluding hydrogens is 594 g/mol. The van der Waals surface area contributed by atoms with Crippen LogP contribution in [0.3, 0.4) is 0 Å². The zero-order chi connectivity index (χ0) is 31.9. The van der Waals surface area contributed by atoms with Gasteiger partial charge in [0.15, 0.2) is 0 Å². The number of benzene rings is 2. The van der Waals surface area contributed by atoms with Crippen molar-refractivity contribution in [1.29, 1.82) is 0 Å². The Balaban J connectivity index is 1.47. The van der Waals surface area contributed by atoms with E-state index in [1.807, 2.05) is 30.3 Å². The molecule has 1 saturated carbocycles. The van der Waals surface area contributed by atoms with E-state index in [0.717, 1.165) is 35.9 Å². The second-order valence-corrected chi connectivity index (χ2v) is 13.9. The third kappa shape index (κ3) is 6.80. The number of hydrogen-bond acceptors (Lipinski definition) is 10. The summed E-state index contributed by atoms with van der Waals surface area (Å²) < 4.78 is 43.6. The van der Waals surface area contributed by atoms with Crippen LogP contribution in [0, 0.1) is 0 Å². The maximum atomic E-state index is 13.4. The number of nitrogens with zero attached hydrogens (tertiary/aromatic N) is 5. The van der Waals surface area contributed by atoms with Gasteiger partial charge >= 0.3 is 6.09 Å². The van der Waals surface area contributed by atoms with E-state index >= 15 is 0 Å². The van der Waals surface area contributed by atoms with Gasteiger partial charge in [-0.05, 0) is 63.4 Å². The molecule has 11 nitrogen and oxygen atoms in total. The van der Waals surface area contributed by atoms with Gasteiger partial charge in [0.1, 0.15) is 18.0 Å². The Labute approximate surface area is 261 Å². The first-order chi connectivity index (χ1) is 21.4. The van der Waals surface area contributed by atoms with Crippen LogP contribution in [0.5, 0.6) is 11.6 Å². The minimum Gasteiger partial charge on any atom is -0.497 e. The fourth-order valence-electron chi connectivity index (χ4n) is 4.81. The standard InChI is InChI=1S/C33H33N5O6S/c1-33(2,3)44-32(39)38-18-25(24-14-22(10-13-29(24)38)28-17-34-16-27(35-28)21-8-9-21)26-15-30(37-31(36-26)45(5,40)41)43-19-20-6-11-23(42-4)12-7-20/h6-7,10-18,21H,8-9,19H2,1-5H3. The Hall–Kier alpha value is -4.84. The first-order valence-electron chi connectivity index (χ1n) is 14.4. The van der Waals surface area contributed by atoms with Crippen LogP contribution in [0.25, 0.3) is 33.4 Å². The van der Waals surface area contributed by atoms with Crippen LogP contribution in [0.2, 0.25) is 0 Å². The van der Waals surface area contributed by atoms with Gasteiger partial charge in [0, 0.05) is 47.1 Å². The van der Waals surface area contributed by atoms with E-state index in [4.69, 9.17) is 19.2 Å². The quantitative estimate of drug-likeness (QED) is 0.183. The highest BCUT2D eigenvalue weighted by Gasteiger charge is 2.27. The Morgan fingerprint density at radius 2 is 1.73 bits per heavy atom. The lowest BCUT2D eigenvalue weighted by Gasteiger charge is -2.19. The lowest BCUT2D eigenvalue weighted by molar-refractivity contribution is 0.0544. The van der Waals surface area contributed by atoms with Crippen LogP contribution in [0.15, 0.2) is 72.3 Å². The number of rotatable bonds is 8. The van der Waals surface area contributed by atoms with Crippen LogP contribution in [-0.4, -0.2) is 58.0 Å². The summed E-state index contributed by atoms with van der Waals surface area (Å²) in [5.41, 5.74) is 3.82. The zero-order valence-electron chi connectivity index (χ0n) is 25.6. The van der Waals surface area contributed by atoms with Gasteiger partial charge < -0.3 is 14.2 Å². The molecule has 0 saturated heterocycles. The van der Waals surface area contributed by atoms with Crippen molar-refractivity contribution >= 4 is 26.8 Å². The number of ether oxygens (including phenoxy) is 3.